The molecule has 0 aliphatic heterocycles. The molecule has 178 valence electrons. The van der Waals surface area contributed by atoms with Gasteiger partial charge in [0, 0.05) is 24.2 Å². The highest BCUT2D eigenvalue weighted by Gasteiger charge is 2.17. The van der Waals surface area contributed by atoms with E-state index in [0.717, 1.165) is 11.1 Å². The lowest BCUT2D eigenvalue weighted by molar-refractivity contribution is 0.101. The standard InChI is InChI=1S/C27H33N5O2/c1-26(2,3)19-12-8-17(9-13-19)23(33)29-22-16-21(28-7)30-25(31-22)32-24(34)18-10-14-20(15-11-18)27(4,5)6/h8-16H,1-7H3,(H3,28,29,30,31,32,33,34). The van der Waals surface area contributed by atoms with E-state index in [1.807, 2.05) is 24.3 Å². The number of anilines is 3. The van der Waals surface area contributed by atoms with E-state index in [1.54, 1.807) is 37.4 Å². The quantitative estimate of drug-likeness (QED) is 0.460. The van der Waals surface area contributed by atoms with Crippen molar-refractivity contribution in [1.29, 1.82) is 0 Å². The third-order valence-corrected chi connectivity index (χ3v) is 5.48. The van der Waals surface area contributed by atoms with Crippen molar-refractivity contribution < 1.29 is 9.59 Å². The number of nitrogens with zero attached hydrogens (tertiary/aromatic N) is 2. The summed E-state index contributed by atoms with van der Waals surface area (Å²) < 4.78 is 0. The van der Waals surface area contributed by atoms with E-state index in [0.29, 0.717) is 16.9 Å². The Kier molecular flexibility index (Phi) is 7.05. The van der Waals surface area contributed by atoms with Crippen molar-refractivity contribution in [2.75, 3.05) is 23.0 Å². The number of amides is 2. The third kappa shape index (κ3) is 6.19. The Morgan fingerprint density at radius 3 is 1.47 bits per heavy atom. The van der Waals surface area contributed by atoms with Crippen molar-refractivity contribution in [2.24, 2.45) is 0 Å². The molecular formula is C27H33N5O2. The molecule has 0 fully saturated rings. The summed E-state index contributed by atoms with van der Waals surface area (Å²) in [4.78, 5) is 34.1. The maximum absolute atomic E-state index is 12.8. The summed E-state index contributed by atoms with van der Waals surface area (Å²) >= 11 is 0. The Morgan fingerprint density at radius 1 is 0.647 bits per heavy atom. The van der Waals surface area contributed by atoms with Crippen LogP contribution in [-0.4, -0.2) is 28.8 Å². The molecule has 0 bridgehead atoms. The van der Waals surface area contributed by atoms with Crippen molar-refractivity contribution in [3.63, 3.8) is 0 Å². The van der Waals surface area contributed by atoms with Crippen molar-refractivity contribution >= 4 is 29.4 Å². The molecule has 2 amide bonds. The van der Waals surface area contributed by atoms with Crippen molar-refractivity contribution in [2.45, 2.75) is 52.4 Å². The van der Waals surface area contributed by atoms with Crippen molar-refractivity contribution in [1.82, 2.24) is 9.97 Å². The van der Waals surface area contributed by atoms with E-state index in [4.69, 9.17) is 0 Å². The molecular weight excluding hydrogens is 426 g/mol. The van der Waals surface area contributed by atoms with Gasteiger partial charge < -0.3 is 10.6 Å². The molecule has 0 spiro atoms. The van der Waals surface area contributed by atoms with Crippen molar-refractivity contribution in [3.8, 4) is 0 Å². The summed E-state index contributed by atoms with van der Waals surface area (Å²) in [5.41, 5.74) is 3.29. The van der Waals surface area contributed by atoms with Crippen LogP contribution in [0.1, 0.15) is 73.4 Å². The van der Waals surface area contributed by atoms with Crippen LogP contribution in [0.4, 0.5) is 17.6 Å². The first-order chi connectivity index (χ1) is 15.9. The van der Waals surface area contributed by atoms with Gasteiger partial charge in [0.25, 0.3) is 11.8 Å². The molecule has 3 N–H and O–H groups in total. The maximum Gasteiger partial charge on any atom is 0.258 e. The highest BCUT2D eigenvalue weighted by Crippen LogP contribution is 2.24. The van der Waals surface area contributed by atoms with Gasteiger partial charge in [-0.15, -0.1) is 0 Å². The van der Waals surface area contributed by atoms with Crippen LogP contribution >= 0.6 is 0 Å². The molecule has 0 unspecified atom stereocenters. The van der Waals surface area contributed by atoms with E-state index in [2.05, 4.69) is 67.5 Å². The molecule has 7 nitrogen and oxygen atoms in total. The van der Waals surface area contributed by atoms with Crippen LogP contribution in [0.3, 0.4) is 0 Å². The zero-order chi connectivity index (χ0) is 25.1. The van der Waals surface area contributed by atoms with Crippen LogP contribution in [0, 0.1) is 0 Å². The summed E-state index contributed by atoms with van der Waals surface area (Å²) in [6.45, 7) is 12.7. The minimum absolute atomic E-state index is 0.000577. The lowest BCUT2D eigenvalue weighted by Gasteiger charge is -2.19. The average molecular weight is 460 g/mol. The largest absolute Gasteiger partial charge is 0.373 e. The minimum atomic E-state index is -0.330. The molecule has 0 aliphatic carbocycles. The zero-order valence-corrected chi connectivity index (χ0v) is 20.9. The maximum atomic E-state index is 12.8. The van der Waals surface area contributed by atoms with Crippen LogP contribution in [-0.2, 0) is 10.8 Å². The van der Waals surface area contributed by atoms with Crippen LogP contribution in [0.2, 0.25) is 0 Å². The number of benzene rings is 2. The lowest BCUT2D eigenvalue weighted by atomic mass is 9.86. The molecule has 3 aromatic rings. The van der Waals surface area contributed by atoms with Gasteiger partial charge in [-0.1, -0.05) is 65.8 Å². The first kappa shape index (κ1) is 24.9. The molecule has 7 heteroatoms. The molecule has 0 radical (unpaired) electrons. The highest BCUT2D eigenvalue weighted by molar-refractivity contribution is 6.05. The summed E-state index contributed by atoms with van der Waals surface area (Å²) in [7, 11) is 1.70. The molecule has 3 rings (SSSR count). The monoisotopic (exact) mass is 459 g/mol. The van der Waals surface area contributed by atoms with Crippen LogP contribution < -0.4 is 16.0 Å². The van der Waals surface area contributed by atoms with Crippen molar-refractivity contribution in [3.05, 3.63) is 76.9 Å². The molecule has 0 saturated carbocycles. The van der Waals surface area contributed by atoms with Gasteiger partial charge in [0.05, 0.1) is 0 Å². The summed E-state index contributed by atoms with van der Waals surface area (Å²) in [5, 5.41) is 8.43. The first-order valence-corrected chi connectivity index (χ1v) is 11.3. The van der Waals surface area contributed by atoms with Crippen LogP contribution in [0.5, 0.6) is 0 Å². The van der Waals surface area contributed by atoms with Gasteiger partial charge >= 0.3 is 0 Å². The molecule has 1 heterocycles. The fourth-order valence-corrected chi connectivity index (χ4v) is 3.30. The fourth-order valence-electron chi connectivity index (χ4n) is 3.30. The van der Waals surface area contributed by atoms with Crippen LogP contribution in [0.15, 0.2) is 54.6 Å². The van der Waals surface area contributed by atoms with Gasteiger partial charge in [0.15, 0.2) is 0 Å². The Morgan fingerprint density at radius 2 is 1.06 bits per heavy atom. The Balaban J connectivity index is 1.76. The number of aromatic nitrogens is 2. The van der Waals surface area contributed by atoms with Gasteiger partial charge in [-0.2, -0.15) is 9.97 Å². The topological polar surface area (TPSA) is 96.0 Å². The second kappa shape index (κ2) is 9.63. The number of hydrogen-bond donors (Lipinski definition) is 3. The molecule has 0 atom stereocenters. The predicted molar refractivity (Wildman–Crippen MR) is 138 cm³/mol. The molecule has 1 aromatic heterocycles. The van der Waals surface area contributed by atoms with Gasteiger partial charge in [0.2, 0.25) is 5.95 Å². The zero-order valence-electron chi connectivity index (χ0n) is 20.9. The highest BCUT2D eigenvalue weighted by atomic mass is 16.2. The second-order valence-electron chi connectivity index (χ2n) is 10.3. The molecule has 34 heavy (non-hydrogen) atoms. The normalized spacial score (nSPS) is 11.6. The fraction of sp³-hybridized carbons (Fsp3) is 0.333. The smallest absolute Gasteiger partial charge is 0.258 e. The average Bonchev–Trinajstić information content (AvgIpc) is 2.77. The molecule has 0 saturated heterocycles. The van der Waals surface area contributed by atoms with E-state index >= 15 is 0 Å². The summed E-state index contributed by atoms with van der Waals surface area (Å²) in [6, 6.07) is 16.5. The number of carbonyl (C=O) groups is 2. The number of carbonyl (C=O) groups excluding carboxylic acids is 2. The van der Waals surface area contributed by atoms with Gasteiger partial charge in [-0.3, -0.25) is 14.9 Å². The third-order valence-electron chi connectivity index (χ3n) is 5.48. The van der Waals surface area contributed by atoms with E-state index in [1.165, 1.54) is 0 Å². The second-order valence-corrected chi connectivity index (χ2v) is 10.3. The minimum Gasteiger partial charge on any atom is -0.373 e. The number of nitrogens with one attached hydrogen (secondary N) is 3. The van der Waals surface area contributed by atoms with E-state index in [-0.39, 0.29) is 34.4 Å². The lowest BCUT2D eigenvalue weighted by Crippen LogP contribution is -2.18. The molecule has 2 aromatic carbocycles. The summed E-state index contributed by atoms with van der Waals surface area (Å²) in [5.74, 6) is 0.213. The Labute approximate surface area is 201 Å². The molecule has 0 aliphatic rings. The van der Waals surface area contributed by atoms with E-state index < -0.39 is 0 Å². The van der Waals surface area contributed by atoms with E-state index in [9.17, 15) is 9.59 Å². The van der Waals surface area contributed by atoms with Gasteiger partial charge in [-0.05, 0) is 46.2 Å². The SMILES string of the molecule is CNc1cc(NC(=O)c2ccc(C(C)(C)C)cc2)nc(NC(=O)c2ccc(C(C)(C)C)cc2)n1. The Hall–Kier alpha value is -3.74. The number of hydrogen-bond acceptors (Lipinski definition) is 5. The van der Waals surface area contributed by atoms with Gasteiger partial charge in [-0.25, -0.2) is 0 Å². The Bertz CT molecular complexity index is 1080. The first-order valence-electron chi connectivity index (χ1n) is 11.3. The van der Waals surface area contributed by atoms with Gasteiger partial charge in [0.1, 0.15) is 11.6 Å². The predicted octanol–water partition coefficient (Wildman–Crippen LogP) is 5.62. The number of rotatable bonds is 5. The van der Waals surface area contributed by atoms with Crippen LogP contribution in [0.25, 0.3) is 0 Å². The summed E-state index contributed by atoms with van der Waals surface area (Å²) in [6.07, 6.45) is 0.